The summed E-state index contributed by atoms with van der Waals surface area (Å²) in [4.78, 5) is 0.822. The Morgan fingerprint density at radius 3 is 2.37 bits per heavy atom. The van der Waals surface area contributed by atoms with Crippen LogP contribution in [0.1, 0.15) is 48.1 Å². The highest BCUT2D eigenvalue weighted by molar-refractivity contribution is 7.90. The number of thiol groups is 1. The molecular weight excluding hydrogens is 372 g/mol. The van der Waals surface area contributed by atoms with Crippen molar-refractivity contribution in [3.8, 4) is 10.9 Å². The van der Waals surface area contributed by atoms with Gasteiger partial charge in [0.2, 0.25) is 5.95 Å². The maximum atomic E-state index is 4.63. The van der Waals surface area contributed by atoms with Crippen molar-refractivity contribution in [3.05, 3.63) is 64.1 Å². The summed E-state index contributed by atoms with van der Waals surface area (Å²) in [5.41, 5.74) is 5.43. The summed E-state index contributed by atoms with van der Waals surface area (Å²) in [5.74, 6) is 1.60. The minimum absolute atomic E-state index is 0.772. The standard InChI is InChI=1S/C21H20N4S2/c1-2-18(26)20-22-23-21(25(20)19-12-7-13-27-19)24-16-10-5-3-8-14(16)15-9-4-6-11-17(15)24/h2,5-7,10-13,26H,3-4,8-9H2,1H3/b18-2-. The van der Waals surface area contributed by atoms with Gasteiger partial charge in [0, 0.05) is 4.91 Å². The average molecular weight is 393 g/mol. The monoisotopic (exact) mass is 392 g/mol. The lowest BCUT2D eigenvalue weighted by molar-refractivity contribution is 0.862. The van der Waals surface area contributed by atoms with E-state index >= 15 is 0 Å². The summed E-state index contributed by atoms with van der Waals surface area (Å²) in [5, 5.41) is 12.3. The van der Waals surface area contributed by atoms with Gasteiger partial charge >= 0.3 is 0 Å². The van der Waals surface area contributed by atoms with Crippen LogP contribution < -0.4 is 0 Å². The van der Waals surface area contributed by atoms with Gasteiger partial charge in [-0.2, -0.15) is 0 Å². The molecule has 6 heteroatoms. The van der Waals surface area contributed by atoms with E-state index in [1.807, 2.05) is 13.0 Å². The zero-order chi connectivity index (χ0) is 18.4. The fraction of sp³-hybridized carbons (Fsp3) is 0.238. The van der Waals surface area contributed by atoms with Gasteiger partial charge in [-0.05, 0) is 73.4 Å². The first-order valence-corrected chi connectivity index (χ1v) is 10.6. The molecule has 3 aromatic rings. The Bertz CT molecular complexity index is 1050. The van der Waals surface area contributed by atoms with E-state index in [-0.39, 0.29) is 0 Å². The molecule has 0 N–H and O–H groups in total. The average Bonchev–Trinajstić information content (AvgIpc) is 3.43. The smallest absolute Gasteiger partial charge is 0.242 e. The fourth-order valence-corrected chi connectivity index (χ4v) is 4.87. The van der Waals surface area contributed by atoms with Crippen LogP contribution in [-0.2, 0) is 12.8 Å². The zero-order valence-corrected chi connectivity index (χ0v) is 16.8. The SMILES string of the molecule is C/C=C(\S)c1nnc(-n2c3c(c4c2C=CCC4)CCC=C3)n1-c1cccs1. The van der Waals surface area contributed by atoms with E-state index in [1.54, 1.807) is 11.3 Å². The predicted molar refractivity (Wildman–Crippen MR) is 116 cm³/mol. The van der Waals surface area contributed by atoms with Gasteiger partial charge in [-0.3, -0.25) is 9.13 Å². The second kappa shape index (κ2) is 6.69. The van der Waals surface area contributed by atoms with Gasteiger partial charge in [0.1, 0.15) is 5.00 Å². The van der Waals surface area contributed by atoms with Gasteiger partial charge in [0.15, 0.2) is 5.82 Å². The number of hydrogen-bond acceptors (Lipinski definition) is 4. The maximum absolute atomic E-state index is 4.63. The highest BCUT2D eigenvalue weighted by atomic mass is 32.1. The molecular formula is C21H20N4S2. The highest BCUT2D eigenvalue weighted by Gasteiger charge is 2.27. The molecule has 136 valence electrons. The molecule has 0 spiro atoms. The van der Waals surface area contributed by atoms with Gasteiger partial charge in [0.25, 0.3) is 0 Å². The van der Waals surface area contributed by atoms with Crippen LogP contribution in [0.15, 0.2) is 35.7 Å². The number of hydrogen-bond donors (Lipinski definition) is 1. The third kappa shape index (κ3) is 2.58. The third-order valence-corrected chi connectivity index (χ3v) is 6.52. The molecule has 3 heterocycles. The van der Waals surface area contributed by atoms with Crippen molar-refractivity contribution >= 4 is 41.0 Å². The summed E-state index contributed by atoms with van der Waals surface area (Å²) >= 11 is 6.31. The molecule has 0 fully saturated rings. The first-order chi connectivity index (χ1) is 13.3. The van der Waals surface area contributed by atoms with Crippen molar-refractivity contribution in [2.45, 2.75) is 32.6 Å². The molecule has 3 aromatic heterocycles. The van der Waals surface area contributed by atoms with E-state index < -0.39 is 0 Å². The van der Waals surface area contributed by atoms with Crippen molar-refractivity contribution in [3.63, 3.8) is 0 Å². The molecule has 5 rings (SSSR count). The molecule has 0 saturated carbocycles. The highest BCUT2D eigenvalue weighted by Crippen LogP contribution is 2.36. The van der Waals surface area contributed by atoms with Crippen LogP contribution in [0.25, 0.3) is 28.0 Å². The maximum Gasteiger partial charge on any atom is 0.242 e. The van der Waals surface area contributed by atoms with Gasteiger partial charge in [0.05, 0.1) is 11.4 Å². The first-order valence-electron chi connectivity index (χ1n) is 9.24. The third-order valence-electron chi connectivity index (χ3n) is 5.21. The molecule has 0 aliphatic heterocycles. The van der Waals surface area contributed by atoms with Crippen LogP contribution in [0, 0.1) is 0 Å². The Morgan fingerprint density at radius 2 is 1.78 bits per heavy atom. The van der Waals surface area contributed by atoms with Crippen LogP contribution in [0.5, 0.6) is 0 Å². The lowest BCUT2D eigenvalue weighted by Crippen LogP contribution is -2.10. The Hall–Kier alpha value is -2.31. The van der Waals surface area contributed by atoms with E-state index in [1.165, 1.54) is 22.5 Å². The zero-order valence-electron chi connectivity index (χ0n) is 15.1. The van der Waals surface area contributed by atoms with Crippen LogP contribution in [0.4, 0.5) is 0 Å². The predicted octanol–water partition coefficient (Wildman–Crippen LogP) is 5.33. The van der Waals surface area contributed by atoms with Crippen molar-refractivity contribution in [1.82, 2.24) is 19.3 Å². The second-order valence-electron chi connectivity index (χ2n) is 6.73. The van der Waals surface area contributed by atoms with Crippen LogP contribution in [-0.4, -0.2) is 19.3 Å². The van der Waals surface area contributed by atoms with E-state index in [0.717, 1.165) is 47.4 Å². The second-order valence-corrected chi connectivity index (χ2v) is 8.14. The fourth-order valence-electron chi connectivity index (χ4n) is 3.99. The Balaban J connectivity index is 1.83. The number of thiophene rings is 1. The lowest BCUT2D eigenvalue weighted by Gasteiger charge is -2.14. The Labute approximate surface area is 168 Å². The number of fused-ring (bicyclic) bond motifs is 3. The van der Waals surface area contributed by atoms with Gasteiger partial charge in [-0.25, -0.2) is 0 Å². The van der Waals surface area contributed by atoms with E-state index in [2.05, 4.69) is 73.8 Å². The summed E-state index contributed by atoms with van der Waals surface area (Å²) in [6.07, 6.45) is 15.4. The molecule has 0 radical (unpaired) electrons. The van der Waals surface area contributed by atoms with Gasteiger partial charge < -0.3 is 0 Å². The van der Waals surface area contributed by atoms with E-state index in [9.17, 15) is 0 Å². The Morgan fingerprint density at radius 1 is 1.07 bits per heavy atom. The number of allylic oxidation sites excluding steroid dienone is 3. The molecule has 0 atom stereocenters. The molecule has 2 aliphatic carbocycles. The Kier molecular flexibility index (Phi) is 4.17. The molecule has 4 nitrogen and oxygen atoms in total. The topological polar surface area (TPSA) is 35.6 Å². The molecule has 2 aliphatic rings. The minimum atomic E-state index is 0.772. The van der Waals surface area contributed by atoms with Crippen molar-refractivity contribution in [1.29, 1.82) is 0 Å². The van der Waals surface area contributed by atoms with Crippen molar-refractivity contribution < 1.29 is 0 Å². The minimum Gasteiger partial charge on any atom is -0.278 e. The molecule has 27 heavy (non-hydrogen) atoms. The quantitative estimate of drug-likeness (QED) is 0.612. The van der Waals surface area contributed by atoms with Gasteiger partial charge in [-0.1, -0.05) is 18.2 Å². The van der Waals surface area contributed by atoms with Gasteiger partial charge in [-0.15, -0.1) is 34.2 Å². The first kappa shape index (κ1) is 16.8. The largest absolute Gasteiger partial charge is 0.278 e. The summed E-state index contributed by atoms with van der Waals surface area (Å²) in [6, 6.07) is 4.16. The molecule has 0 unspecified atom stereocenters. The number of nitrogens with zero attached hydrogens (tertiary/aromatic N) is 4. The number of aromatic nitrogens is 4. The van der Waals surface area contributed by atoms with Crippen LogP contribution in [0.2, 0.25) is 0 Å². The van der Waals surface area contributed by atoms with E-state index in [4.69, 9.17) is 0 Å². The van der Waals surface area contributed by atoms with Crippen molar-refractivity contribution in [2.75, 3.05) is 0 Å². The summed E-state index contributed by atoms with van der Waals surface area (Å²) < 4.78 is 4.40. The summed E-state index contributed by atoms with van der Waals surface area (Å²) in [7, 11) is 0. The molecule has 0 aromatic carbocycles. The lowest BCUT2D eigenvalue weighted by atomic mass is 9.94. The van der Waals surface area contributed by atoms with Crippen molar-refractivity contribution in [2.24, 2.45) is 0 Å². The number of rotatable bonds is 3. The van der Waals surface area contributed by atoms with Crippen LogP contribution in [0.3, 0.4) is 0 Å². The normalized spacial score (nSPS) is 15.9. The molecule has 0 amide bonds. The summed E-state index contributed by atoms with van der Waals surface area (Å²) in [6.45, 7) is 1.97. The van der Waals surface area contributed by atoms with Crippen LogP contribution >= 0.6 is 24.0 Å². The molecule has 0 bridgehead atoms. The molecule has 0 saturated heterocycles. The van der Waals surface area contributed by atoms with E-state index in [0.29, 0.717) is 0 Å².